The van der Waals surface area contributed by atoms with E-state index in [1.165, 1.54) is 5.56 Å². The van der Waals surface area contributed by atoms with E-state index in [-0.39, 0.29) is 16.8 Å². The number of benzene rings is 3. The number of aryl methyl sites for hydroxylation is 1. The lowest BCUT2D eigenvalue weighted by atomic mass is 9.79. The first-order valence-corrected chi connectivity index (χ1v) is 10.5. The van der Waals surface area contributed by atoms with Crippen molar-refractivity contribution < 1.29 is 9.53 Å². The van der Waals surface area contributed by atoms with Crippen LogP contribution in [0.5, 0.6) is 5.75 Å². The zero-order valence-electron chi connectivity index (χ0n) is 19.2. The van der Waals surface area contributed by atoms with Gasteiger partial charge in [-0.15, -0.1) is 0 Å². The molecule has 0 bridgehead atoms. The molecule has 0 aliphatic carbocycles. The minimum absolute atomic E-state index is 0.0496. The Bertz CT molecular complexity index is 996. The summed E-state index contributed by atoms with van der Waals surface area (Å²) in [7, 11) is 0. The van der Waals surface area contributed by atoms with Crippen molar-refractivity contribution in [3.8, 4) is 16.9 Å². The van der Waals surface area contributed by atoms with E-state index in [0.717, 1.165) is 22.3 Å². The largest absolute Gasteiger partial charge is 0.423 e. The van der Waals surface area contributed by atoms with Gasteiger partial charge in [0.05, 0.1) is 5.56 Å². The summed E-state index contributed by atoms with van der Waals surface area (Å²) in [6.45, 7) is 15.0. The molecule has 0 fully saturated rings. The van der Waals surface area contributed by atoms with Crippen LogP contribution in [-0.2, 0) is 10.8 Å². The van der Waals surface area contributed by atoms with Crippen LogP contribution in [0.4, 0.5) is 0 Å². The third kappa shape index (κ3) is 5.18. The molecule has 0 heterocycles. The number of rotatable bonds is 3. The fourth-order valence-electron chi connectivity index (χ4n) is 3.24. The van der Waals surface area contributed by atoms with Crippen LogP contribution in [0.25, 0.3) is 11.1 Å². The quantitative estimate of drug-likeness (QED) is 0.336. The van der Waals surface area contributed by atoms with E-state index < -0.39 is 0 Å². The molecule has 0 spiro atoms. The van der Waals surface area contributed by atoms with Crippen molar-refractivity contribution in [3.05, 3.63) is 89.0 Å². The number of hydrogen-bond donors (Lipinski definition) is 0. The van der Waals surface area contributed by atoms with Gasteiger partial charge in [-0.05, 0) is 64.3 Å². The Morgan fingerprint density at radius 1 is 0.667 bits per heavy atom. The molecule has 0 saturated carbocycles. The first-order valence-electron chi connectivity index (χ1n) is 10.5. The molecule has 0 aromatic heterocycles. The maximum absolute atomic E-state index is 12.9. The van der Waals surface area contributed by atoms with Crippen molar-refractivity contribution in [1.29, 1.82) is 0 Å². The topological polar surface area (TPSA) is 26.3 Å². The zero-order valence-corrected chi connectivity index (χ0v) is 19.2. The molecule has 156 valence electrons. The van der Waals surface area contributed by atoms with Crippen molar-refractivity contribution in [2.75, 3.05) is 0 Å². The third-order valence-electron chi connectivity index (χ3n) is 5.35. The molecular formula is C28H32O2. The first kappa shape index (κ1) is 21.8. The highest BCUT2D eigenvalue weighted by Crippen LogP contribution is 2.31. The van der Waals surface area contributed by atoms with Gasteiger partial charge >= 0.3 is 5.97 Å². The van der Waals surface area contributed by atoms with Gasteiger partial charge in [-0.1, -0.05) is 89.6 Å². The van der Waals surface area contributed by atoms with E-state index in [1.54, 1.807) is 0 Å². The monoisotopic (exact) mass is 400 g/mol. The predicted molar refractivity (Wildman–Crippen MR) is 125 cm³/mol. The van der Waals surface area contributed by atoms with E-state index in [2.05, 4.69) is 78.8 Å². The van der Waals surface area contributed by atoms with Crippen LogP contribution < -0.4 is 4.74 Å². The Hall–Kier alpha value is -2.87. The molecule has 3 aromatic carbocycles. The van der Waals surface area contributed by atoms with Gasteiger partial charge in [0.15, 0.2) is 0 Å². The van der Waals surface area contributed by atoms with E-state index in [1.807, 2.05) is 36.4 Å². The summed E-state index contributed by atoms with van der Waals surface area (Å²) in [5.74, 6) is 0.226. The molecule has 0 atom stereocenters. The van der Waals surface area contributed by atoms with Gasteiger partial charge < -0.3 is 4.74 Å². The number of esters is 1. The predicted octanol–water partition coefficient (Wildman–Crippen LogP) is 7.48. The second-order valence-electron chi connectivity index (χ2n) is 10.1. The number of ether oxygens (including phenoxy) is 1. The minimum atomic E-state index is -0.324. The van der Waals surface area contributed by atoms with Crippen LogP contribution in [0.15, 0.2) is 66.7 Å². The smallest absolute Gasteiger partial charge is 0.343 e. The van der Waals surface area contributed by atoms with E-state index in [4.69, 9.17) is 4.74 Å². The molecule has 0 amide bonds. The van der Waals surface area contributed by atoms with Crippen molar-refractivity contribution in [2.45, 2.75) is 59.3 Å². The fourth-order valence-corrected chi connectivity index (χ4v) is 3.24. The van der Waals surface area contributed by atoms with Crippen LogP contribution in [-0.4, -0.2) is 5.97 Å². The highest BCUT2D eigenvalue weighted by Gasteiger charge is 2.23. The van der Waals surface area contributed by atoms with Gasteiger partial charge in [-0.3, -0.25) is 0 Å². The van der Waals surface area contributed by atoms with Gasteiger partial charge in [0.2, 0.25) is 0 Å². The van der Waals surface area contributed by atoms with Gasteiger partial charge in [0.1, 0.15) is 5.75 Å². The normalized spacial score (nSPS) is 12.0. The van der Waals surface area contributed by atoms with E-state index in [9.17, 15) is 4.79 Å². The molecule has 2 heteroatoms. The van der Waals surface area contributed by atoms with Gasteiger partial charge in [0.25, 0.3) is 0 Å². The van der Waals surface area contributed by atoms with Crippen LogP contribution in [0.2, 0.25) is 0 Å². The molecule has 0 aliphatic heterocycles. The van der Waals surface area contributed by atoms with Crippen LogP contribution in [0, 0.1) is 6.92 Å². The Kier molecular flexibility index (Phi) is 5.90. The Labute approximate surface area is 180 Å². The summed E-state index contributed by atoms with van der Waals surface area (Å²) in [6.07, 6.45) is 0. The van der Waals surface area contributed by atoms with Crippen molar-refractivity contribution in [3.63, 3.8) is 0 Å². The maximum atomic E-state index is 12.9. The summed E-state index contributed by atoms with van der Waals surface area (Å²) >= 11 is 0. The SMILES string of the molecule is Cc1ccc(-c2ccc(OC(=O)c3cc(C(C)(C)C)cc(C(C)(C)C)c3)cc2)cc1. The van der Waals surface area contributed by atoms with Crippen molar-refractivity contribution >= 4 is 5.97 Å². The van der Waals surface area contributed by atoms with E-state index >= 15 is 0 Å². The summed E-state index contributed by atoms with van der Waals surface area (Å²) in [4.78, 5) is 12.9. The minimum Gasteiger partial charge on any atom is -0.423 e. The Balaban J connectivity index is 1.85. The maximum Gasteiger partial charge on any atom is 0.343 e. The molecule has 3 aromatic rings. The average molecular weight is 401 g/mol. The molecule has 0 saturated heterocycles. The highest BCUT2D eigenvalue weighted by molar-refractivity contribution is 5.91. The summed E-state index contributed by atoms with van der Waals surface area (Å²) in [5.41, 5.74) is 6.24. The lowest BCUT2D eigenvalue weighted by Gasteiger charge is -2.25. The molecule has 3 rings (SSSR count). The summed E-state index contributed by atoms with van der Waals surface area (Å²) in [6, 6.07) is 22.2. The van der Waals surface area contributed by atoms with Gasteiger partial charge in [-0.2, -0.15) is 0 Å². The molecule has 30 heavy (non-hydrogen) atoms. The highest BCUT2D eigenvalue weighted by atomic mass is 16.5. The fraction of sp³-hybridized carbons (Fsp3) is 0.321. The Morgan fingerprint density at radius 2 is 1.10 bits per heavy atom. The van der Waals surface area contributed by atoms with E-state index in [0.29, 0.717) is 11.3 Å². The molecule has 0 radical (unpaired) electrons. The number of carbonyl (C=O) groups is 1. The molecule has 0 unspecified atom stereocenters. The molecule has 0 aliphatic rings. The van der Waals surface area contributed by atoms with Crippen molar-refractivity contribution in [1.82, 2.24) is 0 Å². The number of carbonyl (C=O) groups excluding carboxylic acids is 1. The van der Waals surface area contributed by atoms with Crippen LogP contribution in [0.1, 0.15) is 68.6 Å². The average Bonchev–Trinajstić information content (AvgIpc) is 2.67. The van der Waals surface area contributed by atoms with Gasteiger partial charge in [0, 0.05) is 0 Å². The molecule has 0 N–H and O–H groups in total. The van der Waals surface area contributed by atoms with Crippen molar-refractivity contribution in [2.24, 2.45) is 0 Å². The Morgan fingerprint density at radius 3 is 1.53 bits per heavy atom. The lowest BCUT2D eigenvalue weighted by Crippen LogP contribution is -2.19. The van der Waals surface area contributed by atoms with Crippen LogP contribution in [0.3, 0.4) is 0 Å². The second-order valence-corrected chi connectivity index (χ2v) is 10.1. The summed E-state index contributed by atoms with van der Waals surface area (Å²) in [5, 5.41) is 0. The zero-order chi connectivity index (χ0) is 22.1. The summed E-state index contributed by atoms with van der Waals surface area (Å²) < 4.78 is 5.71. The molecule has 2 nitrogen and oxygen atoms in total. The third-order valence-corrected chi connectivity index (χ3v) is 5.35. The molecular weight excluding hydrogens is 368 g/mol. The van der Waals surface area contributed by atoms with Crippen LogP contribution >= 0.6 is 0 Å². The first-order chi connectivity index (χ1) is 13.9. The second kappa shape index (κ2) is 8.10. The van der Waals surface area contributed by atoms with Gasteiger partial charge in [-0.25, -0.2) is 4.79 Å². The lowest BCUT2D eigenvalue weighted by molar-refractivity contribution is 0.0734. The number of hydrogen-bond acceptors (Lipinski definition) is 2. The standard InChI is InChI=1S/C28H32O2/c1-19-8-10-20(11-9-19)21-12-14-25(15-13-21)30-26(29)22-16-23(27(2,3)4)18-24(17-22)28(5,6)7/h8-18H,1-7H3.